The van der Waals surface area contributed by atoms with Gasteiger partial charge in [-0.15, -0.1) is 0 Å². The second kappa shape index (κ2) is 10.5. The fourth-order valence-electron chi connectivity index (χ4n) is 6.94. The highest BCUT2D eigenvalue weighted by Crippen LogP contribution is 2.40. The number of carbonyl (C=O) groups is 1. The molecule has 0 aliphatic carbocycles. The average Bonchev–Trinajstić information content (AvgIpc) is 3.68. The maximum absolute atomic E-state index is 13.6. The van der Waals surface area contributed by atoms with Crippen LogP contribution in [0.4, 0.5) is 0 Å². The molecular weight excluding hydrogens is 560 g/mol. The summed E-state index contributed by atoms with van der Waals surface area (Å²) in [7, 11) is 0. The molecule has 3 nitrogen and oxygen atoms in total. The van der Waals surface area contributed by atoms with E-state index in [0.29, 0.717) is 11.1 Å². The minimum atomic E-state index is 0.0226. The minimum Gasteiger partial charge on any atom is -0.309 e. The first kappa shape index (κ1) is 26.2. The van der Waals surface area contributed by atoms with Gasteiger partial charge in [0.05, 0.1) is 22.2 Å². The molecule has 0 N–H and O–H groups in total. The molecule has 9 rings (SSSR count). The molecule has 0 spiro atoms. The third-order valence-electron chi connectivity index (χ3n) is 9.10. The summed E-state index contributed by atoms with van der Waals surface area (Å²) in [5.41, 5.74) is 9.23. The molecular formula is C43H28N2O. The van der Waals surface area contributed by atoms with Gasteiger partial charge in [-0.25, -0.2) is 0 Å². The maximum atomic E-state index is 13.6. The molecule has 0 fully saturated rings. The van der Waals surface area contributed by atoms with Crippen molar-refractivity contribution in [3.8, 4) is 22.6 Å². The molecule has 46 heavy (non-hydrogen) atoms. The van der Waals surface area contributed by atoms with Gasteiger partial charge in [0, 0.05) is 38.7 Å². The fraction of sp³-hybridized carbons (Fsp3) is 0. The number of benzene rings is 7. The summed E-state index contributed by atoms with van der Waals surface area (Å²) in [6, 6.07) is 58.7. The van der Waals surface area contributed by atoms with Gasteiger partial charge in [-0.05, 0) is 77.0 Å². The predicted octanol–water partition coefficient (Wildman–Crippen LogP) is 10.8. The highest BCUT2D eigenvalue weighted by Gasteiger charge is 2.20. The van der Waals surface area contributed by atoms with Crippen LogP contribution in [0.1, 0.15) is 15.9 Å². The normalized spacial score (nSPS) is 11.6. The van der Waals surface area contributed by atoms with E-state index in [1.807, 2.05) is 48.5 Å². The predicted molar refractivity (Wildman–Crippen MR) is 190 cm³/mol. The second-order valence-corrected chi connectivity index (χ2v) is 11.8. The number of para-hydroxylation sites is 2. The molecule has 0 radical (unpaired) electrons. The first-order chi connectivity index (χ1) is 22.7. The Balaban J connectivity index is 1.25. The van der Waals surface area contributed by atoms with Crippen molar-refractivity contribution in [2.75, 3.05) is 0 Å². The molecule has 0 aliphatic rings. The monoisotopic (exact) mass is 588 g/mol. The number of ketones is 1. The Labute approximate surface area is 266 Å². The molecule has 216 valence electrons. The number of rotatable bonds is 5. The van der Waals surface area contributed by atoms with Gasteiger partial charge in [0.1, 0.15) is 0 Å². The van der Waals surface area contributed by atoms with Crippen molar-refractivity contribution in [3.63, 3.8) is 0 Å². The van der Waals surface area contributed by atoms with Crippen LogP contribution in [0, 0.1) is 0 Å². The summed E-state index contributed by atoms with van der Waals surface area (Å²) < 4.78 is 4.71. The Kier molecular flexibility index (Phi) is 5.97. The van der Waals surface area contributed by atoms with Crippen LogP contribution in [0.15, 0.2) is 170 Å². The van der Waals surface area contributed by atoms with E-state index in [0.717, 1.165) is 50.0 Å². The van der Waals surface area contributed by atoms with Crippen molar-refractivity contribution in [3.05, 3.63) is 181 Å². The van der Waals surface area contributed by atoms with Crippen LogP contribution in [0.2, 0.25) is 0 Å². The topological polar surface area (TPSA) is 26.9 Å². The quantitative estimate of drug-likeness (QED) is 0.184. The van der Waals surface area contributed by atoms with Crippen molar-refractivity contribution >= 4 is 49.3 Å². The van der Waals surface area contributed by atoms with E-state index >= 15 is 0 Å². The maximum Gasteiger partial charge on any atom is 0.193 e. The lowest BCUT2D eigenvalue weighted by Crippen LogP contribution is -2.02. The van der Waals surface area contributed by atoms with Crippen LogP contribution in [-0.4, -0.2) is 14.9 Å². The highest BCUT2D eigenvalue weighted by atomic mass is 16.1. The van der Waals surface area contributed by atoms with Gasteiger partial charge in [0.2, 0.25) is 0 Å². The second-order valence-electron chi connectivity index (χ2n) is 11.8. The zero-order chi connectivity index (χ0) is 30.6. The third kappa shape index (κ3) is 4.10. The van der Waals surface area contributed by atoms with E-state index in [1.54, 1.807) is 0 Å². The third-order valence-corrected chi connectivity index (χ3v) is 9.10. The van der Waals surface area contributed by atoms with Crippen LogP contribution in [0.5, 0.6) is 0 Å². The summed E-state index contributed by atoms with van der Waals surface area (Å²) in [6.45, 7) is 0. The van der Waals surface area contributed by atoms with Gasteiger partial charge in [0.25, 0.3) is 0 Å². The Morgan fingerprint density at radius 1 is 0.413 bits per heavy atom. The largest absolute Gasteiger partial charge is 0.309 e. The van der Waals surface area contributed by atoms with E-state index in [4.69, 9.17) is 0 Å². The van der Waals surface area contributed by atoms with Gasteiger partial charge >= 0.3 is 0 Å². The van der Waals surface area contributed by atoms with Crippen molar-refractivity contribution in [2.24, 2.45) is 0 Å². The molecule has 0 saturated heterocycles. The average molecular weight is 589 g/mol. The Morgan fingerprint density at radius 2 is 1.04 bits per heavy atom. The number of nitrogens with zero attached hydrogens (tertiary/aromatic N) is 2. The van der Waals surface area contributed by atoms with Crippen molar-refractivity contribution in [1.29, 1.82) is 0 Å². The molecule has 7 aromatic carbocycles. The number of fused-ring (bicyclic) bond motifs is 6. The SMILES string of the molecule is O=C(c1ccc(-n2c3ccccc3c3ccc4c(cc(-c5ccccc5)n4-c4ccccc4)c32)cc1)c1ccc2ccccc2c1. The minimum absolute atomic E-state index is 0.0226. The van der Waals surface area contributed by atoms with Crippen LogP contribution in [0.25, 0.3) is 66.1 Å². The zero-order valence-electron chi connectivity index (χ0n) is 25.0. The summed E-state index contributed by atoms with van der Waals surface area (Å²) in [5, 5.41) is 5.77. The highest BCUT2D eigenvalue weighted by molar-refractivity contribution is 6.19. The van der Waals surface area contributed by atoms with E-state index in [1.165, 1.54) is 16.2 Å². The molecule has 2 aromatic heterocycles. The Hall–Kier alpha value is -6.19. The van der Waals surface area contributed by atoms with Gasteiger partial charge < -0.3 is 9.13 Å². The number of hydrogen-bond acceptors (Lipinski definition) is 1. The smallest absolute Gasteiger partial charge is 0.193 e. The molecule has 0 amide bonds. The van der Waals surface area contributed by atoms with Crippen LogP contribution < -0.4 is 0 Å². The summed E-state index contributed by atoms with van der Waals surface area (Å²) >= 11 is 0. The van der Waals surface area contributed by atoms with E-state index in [2.05, 4.69) is 130 Å². The first-order valence-corrected chi connectivity index (χ1v) is 15.6. The summed E-state index contributed by atoms with van der Waals surface area (Å²) in [5.74, 6) is 0.0226. The lowest BCUT2D eigenvalue weighted by molar-refractivity contribution is 0.103. The van der Waals surface area contributed by atoms with E-state index < -0.39 is 0 Å². The van der Waals surface area contributed by atoms with Crippen LogP contribution in [-0.2, 0) is 0 Å². The molecule has 0 saturated carbocycles. The lowest BCUT2D eigenvalue weighted by Gasteiger charge is -2.12. The van der Waals surface area contributed by atoms with E-state index in [9.17, 15) is 4.79 Å². The molecule has 0 bridgehead atoms. The molecule has 9 aromatic rings. The summed E-state index contributed by atoms with van der Waals surface area (Å²) in [4.78, 5) is 13.6. The number of aromatic nitrogens is 2. The number of hydrogen-bond donors (Lipinski definition) is 0. The number of carbonyl (C=O) groups excluding carboxylic acids is 1. The van der Waals surface area contributed by atoms with Crippen LogP contribution >= 0.6 is 0 Å². The van der Waals surface area contributed by atoms with Crippen molar-refractivity contribution < 1.29 is 4.79 Å². The fourth-order valence-corrected chi connectivity index (χ4v) is 6.94. The van der Waals surface area contributed by atoms with Crippen molar-refractivity contribution in [1.82, 2.24) is 9.13 Å². The molecule has 0 atom stereocenters. The molecule has 2 heterocycles. The van der Waals surface area contributed by atoms with Gasteiger partial charge in [0.15, 0.2) is 5.78 Å². The first-order valence-electron chi connectivity index (χ1n) is 15.6. The summed E-state index contributed by atoms with van der Waals surface area (Å²) in [6.07, 6.45) is 0. The van der Waals surface area contributed by atoms with Gasteiger partial charge in [-0.1, -0.05) is 109 Å². The Morgan fingerprint density at radius 3 is 1.85 bits per heavy atom. The molecule has 3 heteroatoms. The molecule has 0 aliphatic heterocycles. The van der Waals surface area contributed by atoms with Gasteiger partial charge in [-0.3, -0.25) is 4.79 Å². The Bertz CT molecular complexity index is 2570. The molecule has 0 unspecified atom stereocenters. The lowest BCUT2D eigenvalue weighted by atomic mass is 10.00. The zero-order valence-corrected chi connectivity index (χ0v) is 25.0. The van der Waals surface area contributed by atoms with Gasteiger partial charge in [-0.2, -0.15) is 0 Å². The van der Waals surface area contributed by atoms with Crippen molar-refractivity contribution in [2.45, 2.75) is 0 Å². The van der Waals surface area contributed by atoms with Crippen LogP contribution in [0.3, 0.4) is 0 Å². The van der Waals surface area contributed by atoms with E-state index in [-0.39, 0.29) is 5.78 Å². The standard InChI is InChI=1S/C43H28N2O/c46-43(33-20-19-29-11-7-8-14-32(29)27-33)31-21-23-35(24-22-31)45-39-18-10-9-17-36(39)37-25-26-40-38(42(37)45)28-41(30-12-3-1-4-13-30)44(40)34-15-5-2-6-16-34/h1-28H.